The van der Waals surface area contributed by atoms with Crippen molar-refractivity contribution in [2.24, 2.45) is 5.41 Å². The van der Waals surface area contributed by atoms with Crippen LogP contribution in [0.25, 0.3) is 5.57 Å². The molecular formula is C16H20. The van der Waals surface area contributed by atoms with Crippen molar-refractivity contribution >= 4 is 5.57 Å². The van der Waals surface area contributed by atoms with E-state index in [9.17, 15) is 0 Å². The molecule has 0 spiro atoms. The summed E-state index contributed by atoms with van der Waals surface area (Å²) in [6.45, 7) is 10.3. The van der Waals surface area contributed by atoms with E-state index in [4.69, 9.17) is 0 Å². The van der Waals surface area contributed by atoms with Crippen molar-refractivity contribution in [3.8, 4) is 0 Å². The number of allylic oxidation sites excluding steroid dienone is 2. The predicted molar refractivity (Wildman–Crippen MR) is 72.2 cm³/mol. The molecule has 0 heterocycles. The van der Waals surface area contributed by atoms with Crippen LogP contribution in [0.5, 0.6) is 0 Å². The Morgan fingerprint density at radius 2 is 1.88 bits per heavy atom. The van der Waals surface area contributed by atoms with Gasteiger partial charge in [0.25, 0.3) is 0 Å². The van der Waals surface area contributed by atoms with Crippen molar-refractivity contribution in [2.45, 2.75) is 27.2 Å². The molecule has 1 aromatic carbocycles. The van der Waals surface area contributed by atoms with Gasteiger partial charge in [-0.2, -0.15) is 0 Å². The summed E-state index contributed by atoms with van der Waals surface area (Å²) >= 11 is 0. The van der Waals surface area contributed by atoms with Gasteiger partial charge in [-0.3, -0.25) is 0 Å². The summed E-state index contributed by atoms with van der Waals surface area (Å²) in [6.07, 6.45) is 4.90. The number of benzene rings is 1. The molecule has 0 aliphatic carbocycles. The average molecular weight is 212 g/mol. The normalized spacial score (nSPS) is 10.4. The van der Waals surface area contributed by atoms with Gasteiger partial charge in [-0.15, -0.1) is 12.3 Å². The molecule has 0 radical (unpaired) electrons. The van der Waals surface area contributed by atoms with Crippen LogP contribution in [0.4, 0.5) is 0 Å². The molecule has 0 amide bonds. The van der Waals surface area contributed by atoms with E-state index in [0.29, 0.717) is 0 Å². The fraction of sp³-hybridized carbons (Fsp3) is 0.312. The van der Waals surface area contributed by atoms with Crippen molar-refractivity contribution in [3.05, 3.63) is 60.4 Å². The van der Waals surface area contributed by atoms with E-state index in [2.05, 4.69) is 63.4 Å². The maximum Gasteiger partial charge on any atom is 0.00464 e. The van der Waals surface area contributed by atoms with E-state index in [0.717, 1.165) is 6.42 Å². The van der Waals surface area contributed by atoms with E-state index in [-0.39, 0.29) is 5.41 Å². The first-order valence-electron chi connectivity index (χ1n) is 5.66. The Labute approximate surface area is 99.0 Å². The highest BCUT2D eigenvalue weighted by Crippen LogP contribution is 2.20. The monoisotopic (exact) mass is 212 g/mol. The van der Waals surface area contributed by atoms with Crippen molar-refractivity contribution in [3.63, 3.8) is 0 Å². The Morgan fingerprint density at radius 1 is 1.25 bits per heavy atom. The summed E-state index contributed by atoms with van der Waals surface area (Å²) in [7, 11) is 0. The third-order valence-electron chi connectivity index (χ3n) is 2.15. The third kappa shape index (κ3) is 4.33. The zero-order valence-corrected chi connectivity index (χ0v) is 10.5. The second-order valence-electron chi connectivity index (χ2n) is 4.99. The summed E-state index contributed by atoms with van der Waals surface area (Å²) in [5.41, 5.74) is 5.99. The highest BCUT2D eigenvalue weighted by Gasteiger charge is 2.04. The van der Waals surface area contributed by atoms with Gasteiger partial charge >= 0.3 is 0 Å². The molecule has 84 valence electrons. The molecule has 0 unspecified atom stereocenters. The molecular weight excluding hydrogens is 192 g/mol. The van der Waals surface area contributed by atoms with Crippen LogP contribution in [0.3, 0.4) is 0 Å². The minimum atomic E-state index is 0.168. The Balaban J connectivity index is 3.10. The minimum Gasteiger partial charge on any atom is -0.120 e. The van der Waals surface area contributed by atoms with Gasteiger partial charge in [-0.05, 0) is 23.5 Å². The lowest BCUT2D eigenvalue weighted by molar-refractivity contribution is 0.545. The van der Waals surface area contributed by atoms with E-state index in [1.165, 1.54) is 11.1 Å². The second kappa shape index (κ2) is 5.53. The van der Waals surface area contributed by atoms with E-state index >= 15 is 0 Å². The summed E-state index contributed by atoms with van der Waals surface area (Å²) in [5.74, 6) is 0. The van der Waals surface area contributed by atoms with Gasteiger partial charge in [0.2, 0.25) is 0 Å². The Kier molecular flexibility index (Phi) is 4.34. The minimum absolute atomic E-state index is 0.168. The highest BCUT2D eigenvalue weighted by molar-refractivity contribution is 5.65. The zero-order valence-electron chi connectivity index (χ0n) is 10.5. The fourth-order valence-corrected chi connectivity index (χ4v) is 1.35. The molecule has 0 bridgehead atoms. The maximum atomic E-state index is 3.80. The van der Waals surface area contributed by atoms with Crippen molar-refractivity contribution < 1.29 is 0 Å². The smallest absolute Gasteiger partial charge is 0.00464 e. The summed E-state index contributed by atoms with van der Waals surface area (Å²) in [6, 6.07) is 10.4. The highest BCUT2D eigenvalue weighted by atomic mass is 14.1. The first kappa shape index (κ1) is 12.5. The first-order chi connectivity index (χ1) is 7.53. The molecule has 0 aliphatic heterocycles. The maximum absolute atomic E-state index is 3.80. The fourth-order valence-electron chi connectivity index (χ4n) is 1.35. The van der Waals surface area contributed by atoms with Gasteiger partial charge in [0.1, 0.15) is 0 Å². The molecule has 0 N–H and O–H groups in total. The van der Waals surface area contributed by atoms with Crippen LogP contribution < -0.4 is 0 Å². The van der Waals surface area contributed by atoms with Crippen LogP contribution >= 0.6 is 0 Å². The quantitative estimate of drug-likeness (QED) is 0.496. The van der Waals surface area contributed by atoms with E-state index in [1.807, 2.05) is 12.1 Å². The summed E-state index contributed by atoms with van der Waals surface area (Å²) < 4.78 is 0. The van der Waals surface area contributed by atoms with E-state index < -0.39 is 0 Å². The molecule has 0 fully saturated rings. The topological polar surface area (TPSA) is 0 Å². The lowest BCUT2D eigenvalue weighted by atomic mass is 9.95. The van der Waals surface area contributed by atoms with Gasteiger partial charge in [0.15, 0.2) is 0 Å². The van der Waals surface area contributed by atoms with Crippen LogP contribution in [0.2, 0.25) is 0 Å². The molecule has 0 saturated carbocycles. The summed E-state index contributed by atoms with van der Waals surface area (Å²) in [5, 5.41) is 0. The standard InChI is InChI=1S/C16H20/c1-5-9-14(12-13-16(2,3)4)15-10-7-6-8-11-15/h5-8,10-11,13H,1,9H2,2-4H3. The van der Waals surface area contributed by atoms with Crippen molar-refractivity contribution in [2.75, 3.05) is 0 Å². The number of rotatable bonds is 3. The molecule has 0 heteroatoms. The Hall–Kier alpha value is -1.52. The Bertz CT molecular complexity index is 395. The molecule has 0 saturated heterocycles. The third-order valence-corrected chi connectivity index (χ3v) is 2.15. The van der Waals surface area contributed by atoms with Gasteiger partial charge in [0.05, 0.1) is 0 Å². The molecule has 0 atom stereocenters. The van der Waals surface area contributed by atoms with Crippen LogP contribution in [0, 0.1) is 5.41 Å². The SMILES string of the molecule is C=CCC(=C=CC(C)(C)C)c1ccccc1. The zero-order chi connectivity index (χ0) is 12.0. The summed E-state index contributed by atoms with van der Waals surface area (Å²) in [4.78, 5) is 0. The van der Waals surface area contributed by atoms with Crippen molar-refractivity contribution in [1.82, 2.24) is 0 Å². The predicted octanol–water partition coefficient (Wildman–Crippen LogP) is 4.85. The lowest BCUT2D eigenvalue weighted by Gasteiger charge is -2.09. The molecule has 16 heavy (non-hydrogen) atoms. The molecule has 1 rings (SSSR count). The van der Waals surface area contributed by atoms with Gasteiger partial charge < -0.3 is 0 Å². The number of hydrogen-bond acceptors (Lipinski definition) is 0. The average Bonchev–Trinajstić information content (AvgIpc) is 2.24. The van der Waals surface area contributed by atoms with Crippen LogP contribution in [-0.2, 0) is 0 Å². The first-order valence-corrected chi connectivity index (χ1v) is 5.66. The van der Waals surface area contributed by atoms with Gasteiger partial charge in [0, 0.05) is 5.57 Å². The van der Waals surface area contributed by atoms with Crippen LogP contribution in [-0.4, -0.2) is 0 Å². The Morgan fingerprint density at radius 3 is 2.38 bits per heavy atom. The molecule has 0 aliphatic rings. The molecule has 1 aromatic rings. The lowest BCUT2D eigenvalue weighted by Crippen LogP contribution is -1.97. The second-order valence-corrected chi connectivity index (χ2v) is 4.99. The van der Waals surface area contributed by atoms with Crippen LogP contribution in [0.1, 0.15) is 32.8 Å². The molecule has 0 aromatic heterocycles. The molecule has 0 nitrogen and oxygen atoms in total. The van der Waals surface area contributed by atoms with Crippen LogP contribution in [0.15, 0.2) is 54.8 Å². The number of hydrogen-bond donors (Lipinski definition) is 0. The van der Waals surface area contributed by atoms with E-state index in [1.54, 1.807) is 0 Å². The van der Waals surface area contributed by atoms with Gasteiger partial charge in [-0.1, -0.05) is 57.2 Å². The van der Waals surface area contributed by atoms with Gasteiger partial charge in [-0.25, -0.2) is 0 Å². The largest absolute Gasteiger partial charge is 0.120 e. The van der Waals surface area contributed by atoms with Crippen molar-refractivity contribution in [1.29, 1.82) is 0 Å².